The summed E-state index contributed by atoms with van der Waals surface area (Å²) in [6, 6.07) is 3.23. The van der Waals surface area contributed by atoms with Gasteiger partial charge in [0, 0.05) is 12.7 Å². The quantitative estimate of drug-likeness (QED) is 0.592. The average Bonchev–Trinajstić information content (AvgIpc) is 2.46. The van der Waals surface area contributed by atoms with Crippen LogP contribution < -0.4 is 0 Å². The van der Waals surface area contributed by atoms with E-state index in [9.17, 15) is 9.59 Å². The molecule has 2 rings (SSSR count). The Kier molecular flexibility index (Phi) is 4.34. The molecule has 0 aromatic carbocycles. The first-order valence-corrected chi connectivity index (χ1v) is 6.10. The van der Waals surface area contributed by atoms with E-state index >= 15 is 0 Å². The molecule has 102 valence electrons. The molecule has 0 radical (unpaired) electrons. The molecule has 2 heterocycles. The smallest absolute Gasteiger partial charge is 0.336 e. The van der Waals surface area contributed by atoms with E-state index in [4.69, 9.17) is 16.3 Å². The van der Waals surface area contributed by atoms with E-state index in [0.29, 0.717) is 12.1 Å². The lowest BCUT2D eigenvalue weighted by molar-refractivity contribution is -0.158. The summed E-state index contributed by atoms with van der Waals surface area (Å²) in [5.74, 6) is -0.759. The van der Waals surface area contributed by atoms with Crippen LogP contribution in [0.1, 0.15) is 10.4 Å². The molecule has 1 amide bonds. The highest BCUT2D eigenvalue weighted by molar-refractivity contribution is 6.32. The van der Waals surface area contributed by atoms with Gasteiger partial charge in [0.15, 0.2) is 6.10 Å². The molecule has 6 nitrogen and oxygen atoms in total. The SMILES string of the molecule is COC(=O)C1CN(C(=O)c2cccnc2Cl)CCO1. The number of carbonyl (C=O) groups is 2. The highest BCUT2D eigenvalue weighted by Crippen LogP contribution is 2.16. The van der Waals surface area contributed by atoms with Gasteiger partial charge in [-0.15, -0.1) is 0 Å². The normalized spacial score (nSPS) is 19.1. The molecule has 0 aliphatic carbocycles. The van der Waals surface area contributed by atoms with Crippen LogP contribution in [0.5, 0.6) is 0 Å². The number of morpholine rings is 1. The highest BCUT2D eigenvalue weighted by Gasteiger charge is 2.31. The minimum atomic E-state index is -0.752. The zero-order chi connectivity index (χ0) is 13.8. The van der Waals surface area contributed by atoms with Crippen molar-refractivity contribution in [1.29, 1.82) is 0 Å². The van der Waals surface area contributed by atoms with Crippen molar-refractivity contribution in [3.63, 3.8) is 0 Å². The monoisotopic (exact) mass is 284 g/mol. The maximum absolute atomic E-state index is 12.3. The standard InChI is InChI=1S/C12H13ClN2O4/c1-18-12(17)9-7-15(5-6-19-9)11(16)8-3-2-4-14-10(8)13/h2-4,9H,5-7H2,1H3. The van der Waals surface area contributed by atoms with E-state index in [2.05, 4.69) is 9.72 Å². The van der Waals surface area contributed by atoms with Crippen LogP contribution in [0.4, 0.5) is 0 Å². The van der Waals surface area contributed by atoms with Gasteiger partial charge >= 0.3 is 5.97 Å². The number of methoxy groups -OCH3 is 1. The van der Waals surface area contributed by atoms with Gasteiger partial charge in [-0.05, 0) is 12.1 Å². The predicted molar refractivity (Wildman–Crippen MR) is 66.9 cm³/mol. The molecule has 1 saturated heterocycles. The third kappa shape index (κ3) is 3.02. The first-order chi connectivity index (χ1) is 9.13. The number of halogens is 1. The van der Waals surface area contributed by atoms with E-state index in [1.165, 1.54) is 18.2 Å². The number of esters is 1. The third-order valence-electron chi connectivity index (χ3n) is 2.81. The lowest BCUT2D eigenvalue weighted by Crippen LogP contribution is -2.49. The summed E-state index contributed by atoms with van der Waals surface area (Å²) in [7, 11) is 1.28. The van der Waals surface area contributed by atoms with E-state index in [-0.39, 0.29) is 24.2 Å². The van der Waals surface area contributed by atoms with Crippen LogP contribution in [0.2, 0.25) is 5.15 Å². The number of pyridine rings is 1. The molecule has 1 aliphatic rings. The van der Waals surface area contributed by atoms with Crippen molar-refractivity contribution in [2.75, 3.05) is 26.8 Å². The summed E-state index contributed by atoms with van der Waals surface area (Å²) < 4.78 is 9.87. The Morgan fingerprint density at radius 1 is 1.58 bits per heavy atom. The molecule has 7 heteroatoms. The fraction of sp³-hybridized carbons (Fsp3) is 0.417. The van der Waals surface area contributed by atoms with Gasteiger partial charge in [0.1, 0.15) is 5.15 Å². The van der Waals surface area contributed by atoms with Crippen molar-refractivity contribution in [2.45, 2.75) is 6.10 Å². The van der Waals surface area contributed by atoms with Gasteiger partial charge < -0.3 is 14.4 Å². The first kappa shape index (κ1) is 13.8. The molecule has 19 heavy (non-hydrogen) atoms. The molecule has 1 fully saturated rings. The summed E-state index contributed by atoms with van der Waals surface area (Å²) >= 11 is 5.88. The fourth-order valence-corrected chi connectivity index (χ4v) is 2.02. The number of amides is 1. The van der Waals surface area contributed by atoms with Crippen LogP contribution >= 0.6 is 11.6 Å². The summed E-state index contributed by atoms with van der Waals surface area (Å²) in [6.07, 6.45) is 0.758. The summed E-state index contributed by atoms with van der Waals surface area (Å²) in [5, 5.41) is 0.147. The van der Waals surface area contributed by atoms with Gasteiger partial charge in [0.2, 0.25) is 0 Å². The lowest BCUT2D eigenvalue weighted by atomic mass is 10.2. The van der Waals surface area contributed by atoms with Crippen molar-refractivity contribution in [1.82, 2.24) is 9.88 Å². The molecule has 1 unspecified atom stereocenters. The number of carbonyl (C=O) groups excluding carboxylic acids is 2. The van der Waals surface area contributed by atoms with E-state index in [1.54, 1.807) is 12.1 Å². The van der Waals surface area contributed by atoms with Crippen LogP contribution in [0.15, 0.2) is 18.3 Å². The molecule has 1 aromatic heterocycles. The molecular formula is C12H13ClN2O4. The minimum Gasteiger partial charge on any atom is -0.467 e. The Morgan fingerprint density at radius 3 is 3.05 bits per heavy atom. The Hall–Kier alpha value is -1.66. The lowest BCUT2D eigenvalue weighted by Gasteiger charge is -2.31. The number of rotatable bonds is 2. The zero-order valence-electron chi connectivity index (χ0n) is 10.3. The topological polar surface area (TPSA) is 68.7 Å². The fourth-order valence-electron chi connectivity index (χ4n) is 1.82. The van der Waals surface area contributed by atoms with Gasteiger partial charge in [-0.2, -0.15) is 0 Å². The van der Waals surface area contributed by atoms with Crippen molar-refractivity contribution < 1.29 is 19.1 Å². The molecule has 0 N–H and O–H groups in total. The predicted octanol–water partition coefficient (Wildman–Crippen LogP) is 0.749. The Bertz CT molecular complexity index is 494. The molecule has 0 bridgehead atoms. The molecule has 0 spiro atoms. The number of nitrogens with zero attached hydrogens (tertiary/aromatic N) is 2. The van der Waals surface area contributed by atoms with E-state index in [1.807, 2.05) is 0 Å². The molecule has 1 atom stereocenters. The van der Waals surface area contributed by atoms with Gasteiger partial charge in [-0.1, -0.05) is 11.6 Å². The number of ether oxygens (including phenoxy) is 2. The van der Waals surface area contributed by atoms with Crippen molar-refractivity contribution >= 4 is 23.5 Å². The summed E-state index contributed by atoms with van der Waals surface area (Å²) in [5.41, 5.74) is 0.315. The first-order valence-electron chi connectivity index (χ1n) is 5.72. The Morgan fingerprint density at radius 2 is 2.37 bits per heavy atom. The Labute approximate surface area is 115 Å². The van der Waals surface area contributed by atoms with Gasteiger partial charge in [0.25, 0.3) is 5.91 Å². The van der Waals surface area contributed by atoms with Crippen molar-refractivity contribution in [3.8, 4) is 0 Å². The van der Waals surface area contributed by atoms with Crippen LogP contribution in [-0.2, 0) is 14.3 Å². The maximum atomic E-state index is 12.3. The second-order valence-corrected chi connectivity index (χ2v) is 4.33. The zero-order valence-corrected chi connectivity index (χ0v) is 11.1. The average molecular weight is 285 g/mol. The van der Waals surface area contributed by atoms with E-state index in [0.717, 1.165) is 0 Å². The molecule has 1 aromatic rings. The Balaban J connectivity index is 2.11. The van der Waals surface area contributed by atoms with E-state index < -0.39 is 12.1 Å². The highest BCUT2D eigenvalue weighted by atomic mass is 35.5. The number of aromatic nitrogens is 1. The molecule has 0 saturated carbocycles. The third-order valence-corrected chi connectivity index (χ3v) is 3.11. The minimum absolute atomic E-state index is 0.147. The summed E-state index contributed by atoms with van der Waals surface area (Å²) in [6.45, 7) is 0.831. The van der Waals surface area contributed by atoms with Crippen molar-refractivity contribution in [3.05, 3.63) is 29.0 Å². The van der Waals surface area contributed by atoms with Crippen LogP contribution in [0, 0.1) is 0 Å². The second kappa shape index (κ2) is 5.99. The molecular weight excluding hydrogens is 272 g/mol. The molecule has 1 aliphatic heterocycles. The van der Waals surface area contributed by atoms with Crippen molar-refractivity contribution in [2.24, 2.45) is 0 Å². The maximum Gasteiger partial charge on any atom is 0.336 e. The van der Waals surface area contributed by atoms with Gasteiger partial charge in [-0.3, -0.25) is 4.79 Å². The van der Waals surface area contributed by atoms with Crippen LogP contribution in [0.3, 0.4) is 0 Å². The van der Waals surface area contributed by atoms with Crippen LogP contribution in [-0.4, -0.2) is 54.7 Å². The van der Waals surface area contributed by atoms with Gasteiger partial charge in [-0.25, -0.2) is 9.78 Å². The number of hydrogen-bond acceptors (Lipinski definition) is 5. The largest absolute Gasteiger partial charge is 0.467 e. The van der Waals surface area contributed by atoms with Gasteiger partial charge in [0.05, 0.1) is 25.8 Å². The number of hydrogen-bond donors (Lipinski definition) is 0. The van der Waals surface area contributed by atoms with Crippen LogP contribution in [0.25, 0.3) is 0 Å². The second-order valence-electron chi connectivity index (χ2n) is 3.98. The summed E-state index contributed by atoms with van der Waals surface area (Å²) in [4.78, 5) is 29.1.